The van der Waals surface area contributed by atoms with E-state index >= 15 is 0 Å². The number of hydrogen-bond acceptors (Lipinski definition) is 3. The van der Waals surface area contributed by atoms with E-state index in [9.17, 15) is 4.79 Å². The number of aromatic nitrogens is 2. The number of amides is 1. The third kappa shape index (κ3) is 2.54. The van der Waals surface area contributed by atoms with Crippen LogP contribution in [0.3, 0.4) is 0 Å². The highest BCUT2D eigenvalue weighted by Gasteiger charge is 2.27. The van der Waals surface area contributed by atoms with Crippen LogP contribution >= 0.6 is 12.4 Å². The first-order valence-electron chi connectivity index (χ1n) is 5.10. The Kier molecular flexibility index (Phi) is 4.32. The second kappa shape index (κ2) is 5.32. The first-order chi connectivity index (χ1) is 7.18. The first-order valence-corrected chi connectivity index (χ1v) is 5.10. The number of aryl methyl sites for hydroxylation is 1. The van der Waals surface area contributed by atoms with Crippen molar-refractivity contribution < 1.29 is 4.79 Å². The van der Waals surface area contributed by atoms with Crippen LogP contribution in [0.1, 0.15) is 5.82 Å². The van der Waals surface area contributed by atoms with Gasteiger partial charge in [0.2, 0.25) is 5.91 Å². The molecule has 1 N–H and O–H groups in total. The highest BCUT2D eigenvalue weighted by atomic mass is 35.5. The van der Waals surface area contributed by atoms with Crippen molar-refractivity contribution in [2.24, 2.45) is 13.0 Å². The molecule has 0 saturated carbocycles. The van der Waals surface area contributed by atoms with E-state index < -0.39 is 0 Å². The zero-order valence-electron chi connectivity index (χ0n) is 9.51. The molecule has 6 heteroatoms. The van der Waals surface area contributed by atoms with Crippen LogP contribution in [0, 0.1) is 5.92 Å². The highest BCUT2D eigenvalue weighted by Crippen LogP contribution is 2.09. The molecule has 90 valence electrons. The van der Waals surface area contributed by atoms with Gasteiger partial charge in [-0.15, -0.1) is 12.4 Å². The Morgan fingerprint density at radius 2 is 2.38 bits per heavy atom. The zero-order valence-corrected chi connectivity index (χ0v) is 10.3. The molecule has 5 nitrogen and oxygen atoms in total. The number of hydrogen-bond donors (Lipinski definition) is 1. The lowest BCUT2D eigenvalue weighted by atomic mass is 10.0. The molecule has 0 atom stereocenters. The topological polar surface area (TPSA) is 50.2 Å². The summed E-state index contributed by atoms with van der Waals surface area (Å²) >= 11 is 0. The molecule has 1 aromatic rings. The molecular formula is C10H17ClN4O. The number of carbonyl (C=O) groups is 1. The smallest absolute Gasteiger partial charge is 0.228 e. The predicted octanol–water partition coefficient (Wildman–Crippen LogP) is 0.0197. The van der Waals surface area contributed by atoms with Crippen molar-refractivity contribution in [3.05, 3.63) is 18.2 Å². The van der Waals surface area contributed by atoms with Crippen LogP contribution in [-0.4, -0.2) is 40.5 Å². The normalized spacial score (nSPS) is 15.1. The van der Waals surface area contributed by atoms with Crippen molar-refractivity contribution in [2.75, 3.05) is 20.1 Å². The van der Waals surface area contributed by atoms with Crippen molar-refractivity contribution in [1.29, 1.82) is 0 Å². The first kappa shape index (κ1) is 13.0. The molecule has 0 unspecified atom stereocenters. The predicted molar refractivity (Wildman–Crippen MR) is 63.3 cm³/mol. The van der Waals surface area contributed by atoms with Crippen LogP contribution in [0.15, 0.2) is 12.4 Å². The molecule has 2 heterocycles. The maximum absolute atomic E-state index is 11.8. The second-order valence-corrected chi connectivity index (χ2v) is 4.00. The Morgan fingerprint density at radius 1 is 1.69 bits per heavy atom. The fraction of sp³-hybridized carbons (Fsp3) is 0.600. The molecule has 16 heavy (non-hydrogen) atoms. The zero-order chi connectivity index (χ0) is 10.8. The fourth-order valence-corrected chi connectivity index (χ4v) is 1.61. The molecule has 1 fully saturated rings. The summed E-state index contributed by atoms with van der Waals surface area (Å²) in [6.45, 7) is 2.20. The van der Waals surface area contributed by atoms with E-state index in [1.807, 2.05) is 24.9 Å². The summed E-state index contributed by atoms with van der Waals surface area (Å²) in [6.07, 6.45) is 3.64. The third-order valence-corrected chi connectivity index (χ3v) is 2.81. The summed E-state index contributed by atoms with van der Waals surface area (Å²) in [5, 5.41) is 3.10. The lowest BCUT2D eigenvalue weighted by Gasteiger charge is -2.30. The van der Waals surface area contributed by atoms with Crippen molar-refractivity contribution in [2.45, 2.75) is 6.54 Å². The average molecular weight is 245 g/mol. The summed E-state index contributed by atoms with van der Waals surface area (Å²) in [4.78, 5) is 17.8. The Morgan fingerprint density at radius 3 is 2.81 bits per heavy atom. The molecule has 0 aromatic carbocycles. The minimum absolute atomic E-state index is 0. The lowest BCUT2D eigenvalue weighted by Crippen LogP contribution is -2.51. The highest BCUT2D eigenvalue weighted by molar-refractivity contribution is 5.85. The average Bonchev–Trinajstić information content (AvgIpc) is 2.49. The Labute approximate surface area is 101 Å². The van der Waals surface area contributed by atoms with E-state index in [4.69, 9.17) is 0 Å². The van der Waals surface area contributed by atoms with Crippen LogP contribution in [-0.2, 0) is 18.4 Å². The molecule has 2 rings (SSSR count). The van der Waals surface area contributed by atoms with Gasteiger partial charge in [-0.1, -0.05) is 0 Å². The van der Waals surface area contributed by atoms with Gasteiger partial charge in [-0.25, -0.2) is 4.98 Å². The van der Waals surface area contributed by atoms with Gasteiger partial charge in [0.25, 0.3) is 0 Å². The molecular weight excluding hydrogens is 228 g/mol. The van der Waals surface area contributed by atoms with Crippen LogP contribution in [0.2, 0.25) is 0 Å². The van der Waals surface area contributed by atoms with Gasteiger partial charge in [0.05, 0.1) is 12.5 Å². The van der Waals surface area contributed by atoms with Gasteiger partial charge >= 0.3 is 0 Å². The summed E-state index contributed by atoms with van der Waals surface area (Å²) in [5.41, 5.74) is 0. The molecule has 0 radical (unpaired) electrons. The van der Waals surface area contributed by atoms with Gasteiger partial charge in [0.1, 0.15) is 5.82 Å². The van der Waals surface area contributed by atoms with Gasteiger partial charge in [-0.2, -0.15) is 0 Å². The van der Waals surface area contributed by atoms with E-state index in [0.29, 0.717) is 6.54 Å². The molecule has 1 saturated heterocycles. The van der Waals surface area contributed by atoms with Crippen molar-refractivity contribution in [3.8, 4) is 0 Å². The second-order valence-electron chi connectivity index (χ2n) is 4.00. The molecule has 0 bridgehead atoms. The van der Waals surface area contributed by atoms with E-state index in [1.165, 1.54) is 0 Å². The van der Waals surface area contributed by atoms with Gasteiger partial charge in [-0.05, 0) is 0 Å². The van der Waals surface area contributed by atoms with Gasteiger partial charge in [-0.3, -0.25) is 4.79 Å². The number of carbonyl (C=O) groups excluding carboxylic acids is 1. The quantitative estimate of drug-likeness (QED) is 0.816. The molecule has 1 amide bonds. The number of nitrogens with one attached hydrogen (secondary N) is 1. The molecule has 0 spiro atoms. The number of rotatable bonds is 3. The molecule has 1 aliphatic heterocycles. The lowest BCUT2D eigenvalue weighted by molar-refractivity contribution is -0.136. The molecule has 1 aliphatic rings. The largest absolute Gasteiger partial charge is 0.338 e. The van der Waals surface area contributed by atoms with E-state index in [2.05, 4.69) is 10.3 Å². The minimum Gasteiger partial charge on any atom is -0.338 e. The van der Waals surface area contributed by atoms with E-state index in [-0.39, 0.29) is 24.2 Å². The Balaban J connectivity index is 0.00000128. The fourth-order valence-electron chi connectivity index (χ4n) is 1.61. The Hall–Kier alpha value is -1.07. The van der Waals surface area contributed by atoms with Crippen molar-refractivity contribution in [3.63, 3.8) is 0 Å². The number of halogens is 1. The summed E-state index contributed by atoms with van der Waals surface area (Å²) < 4.78 is 1.93. The van der Waals surface area contributed by atoms with Crippen LogP contribution in [0.4, 0.5) is 0 Å². The van der Waals surface area contributed by atoms with Crippen LogP contribution in [0.5, 0.6) is 0 Å². The molecule has 0 aliphatic carbocycles. The van der Waals surface area contributed by atoms with Crippen LogP contribution < -0.4 is 5.32 Å². The maximum Gasteiger partial charge on any atom is 0.228 e. The number of imidazole rings is 1. The van der Waals surface area contributed by atoms with Gasteiger partial charge < -0.3 is 14.8 Å². The van der Waals surface area contributed by atoms with E-state index in [1.54, 1.807) is 11.1 Å². The summed E-state index contributed by atoms with van der Waals surface area (Å²) in [6, 6.07) is 0. The van der Waals surface area contributed by atoms with Crippen molar-refractivity contribution >= 4 is 18.3 Å². The van der Waals surface area contributed by atoms with Crippen LogP contribution in [0.25, 0.3) is 0 Å². The molecule has 1 aromatic heterocycles. The van der Waals surface area contributed by atoms with Gasteiger partial charge in [0, 0.05) is 39.6 Å². The van der Waals surface area contributed by atoms with E-state index in [0.717, 1.165) is 18.9 Å². The third-order valence-electron chi connectivity index (χ3n) is 2.81. The number of nitrogens with zero attached hydrogens (tertiary/aromatic N) is 3. The Bertz CT molecular complexity index is 361. The summed E-state index contributed by atoms with van der Waals surface area (Å²) in [5.74, 6) is 1.28. The summed E-state index contributed by atoms with van der Waals surface area (Å²) in [7, 11) is 3.76. The SMILES string of the molecule is CN(Cc1nccn1C)C(=O)C1CNC1.Cl. The standard InChI is InChI=1S/C10H16N4O.ClH/c1-13-4-3-12-9(13)7-14(2)10(15)8-5-11-6-8;/h3-4,8,11H,5-7H2,1-2H3;1H. The monoisotopic (exact) mass is 244 g/mol. The van der Waals surface area contributed by atoms with Gasteiger partial charge in [0.15, 0.2) is 0 Å². The van der Waals surface area contributed by atoms with Crippen molar-refractivity contribution in [1.82, 2.24) is 19.8 Å². The maximum atomic E-state index is 11.8. The minimum atomic E-state index is 0.